The van der Waals surface area contributed by atoms with Crippen molar-refractivity contribution in [3.05, 3.63) is 70.0 Å². The van der Waals surface area contributed by atoms with E-state index in [-0.39, 0.29) is 23.0 Å². The summed E-state index contributed by atoms with van der Waals surface area (Å²) in [7, 11) is 1.64. The molecule has 1 fully saturated rings. The number of piperidine rings is 1. The molecule has 5 nitrogen and oxygen atoms in total. The second-order valence-corrected chi connectivity index (χ2v) is 7.55. The van der Waals surface area contributed by atoms with Crippen molar-refractivity contribution in [1.82, 2.24) is 4.57 Å². The van der Waals surface area contributed by atoms with Crippen molar-refractivity contribution in [3.63, 3.8) is 0 Å². The number of anilines is 1. The van der Waals surface area contributed by atoms with Gasteiger partial charge in [0.2, 0.25) is 0 Å². The molecule has 0 atom stereocenters. The van der Waals surface area contributed by atoms with Crippen molar-refractivity contribution in [3.8, 4) is 11.8 Å². The highest BCUT2D eigenvalue weighted by atomic mass is 19.4. The van der Waals surface area contributed by atoms with Crippen LogP contribution in [0.25, 0.3) is 10.9 Å². The van der Waals surface area contributed by atoms with Crippen LogP contribution >= 0.6 is 0 Å². The number of nitrogens with zero attached hydrogens (tertiary/aromatic N) is 3. The molecule has 0 aliphatic carbocycles. The number of benzene rings is 2. The number of aryl methyl sites for hydroxylation is 1. The molecule has 0 spiro atoms. The van der Waals surface area contributed by atoms with E-state index >= 15 is 0 Å². The fourth-order valence-electron chi connectivity index (χ4n) is 4.04. The number of rotatable bonds is 3. The summed E-state index contributed by atoms with van der Waals surface area (Å²) in [5.41, 5.74) is 0.354. The zero-order chi connectivity index (χ0) is 22.2. The van der Waals surface area contributed by atoms with Gasteiger partial charge in [-0.05, 0) is 24.3 Å². The van der Waals surface area contributed by atoms with Crippen LogP contribution in [-0.4, -0.2) is 23.8 Å². The molecule has 1 aliphatic rings. The highest BCUT2D eigenvalue weighted by molar-refractivity contribution is 5.94. The average Bonchev–Trinajstić information content (AvgIpc) is 2.76. The molecule has 2 heterocycles. The van der Waals surface area contributed by atoms with Gasteiger partial charge in [-0.3, -0.25) is 4.79 Å². The van der Waals surface area contributed by atoms with Crippen LogP contribution in [0.2, 0.25) is 0 Å². The minimum atomic E-state index is -4.42. The second-order valence-electron chi connectivity index (χ2n) is 7.55. The number of pyridine rings is 1. The predicted octanol–water partition coefficient (Wildman–Crippen LogP) is 4.48. The van der Waals surface area contributed by atoms with Crippen molar-refractivity contribution in [2.24, 2.45) is 7.05 Å². The van der Waals surface area contributed by atoms with Crippen LogP contribution in [0.5, 0.6) is 5.75 Å². The number of halogens is 3. The number of nitriles is 1. The summed E-state index contributed by atoms with van der Waals surface area (Å²) in [4.78, 5) is 14.7. The highest BCUT2D eigenvalue weighted by Crippen LogP contribution is 2.33. The van der Waals surface area contributed by atoms with Gasteiger partial charge in [0.05, 0.1) is 16.8 Å². The summed E-state index contributed by atoms with van der Waals surface area (Å²) in [6.45, 7) is 1.05. The van der Waals surface area contributed by atoms with Gasteiger partial charge < -0.3 is 14.2 Å². The normalized spacial score (nSPS) is 15.1. The Hall–Kier alpha value is -3.47. The summed E-state index contributed by atoms with van der Waals surface area (Å²) >= 11 is 0. The Kier molecular flexibility index (Phi) is 5.36. The predicted molar refractivity (Wildman–Crippen MR) is 111 cm³/mol. The van der Waals surface area contributed by atoms with Crippen molar-refractivity contribution >= 4 is 16.6 Å². The smallest absolute Gasteiger partial charge is 0.416 e. The third-order valence-electron chi connectivity index (χ3n) is 5.61. The van der Waals surface area contributed by atoms with Crippen LogP contribution in [0, 0.1) is 11.3 Å². The SMILES string of the molecule is Cn1c(=O)c(C#N)c(N2CCC(Oc3cccc(C(F)(F)F)c3)CC2)c2ccccc21. The molecule has 0 radical (unpaired) electrons. The van der Waals surface area contributed by atoms with Gasteiger partial charge >= 0.3 is 6.18 Å². The van der Waals surface area contributed by atoms with Crippen LogP contribution < -0.4 is 15.2 Å². The Labute approximate surface area is 176 Å². The van der Waals surface area contributed by atoms with Crippen molar-refractivity contribution in [2.75, 3.05) is 18.0 Å². The van der Waals surface area contributed by atoms with Gasteiger partial charge in [0.15, 0.2) is 0 Å². The molecule has 8 heteroatoms. The quantitative estimate of drug-likeness (QED) is 0.619. The Bertz CT molecular complexity index is 1220. The maximum Gasteiger partial charge on any atom is 0.416 e. The minimum Gasteiger partial charge on any atom is -0.490 e. The Morgan fingerprint density at radius 3 is 2.48 bits per heavy atom. The molecule has 0 unspecified atom stereocenters. The lowest BCUT2D eigenvalue weighted by atomic mass is 10.0. The monoisotopic (exact) mass is 427 g/mol. The van der Waals surface area contributed by atoms with Crippen molar-refractivity contribution in [1.29, 1.82) is 5.26 Å². The first-order valence-electron chi connectivity index (χ1n) is 9.90. The van der Waals surface area contributed by atoms with E-state index in [1.165, 1.54) is 16.7 Å². The number of fused-ring (bicyclic) bond motifs is 1. The van der Waals surface area contributed by atoms with Crippen LogP contribution in [0.3, 0.4) is 0 Å². The summed E-state index contributed by atoms with van der Waals surface area (Å²) in [5, 5.41) is 10.5. The number of hydrogen-bond donors (Lipinski definition) is 0. The number of aromatic nitrogens is 1. The maximum atomic E-state index is 12.9. The molecular formula is C23H20F3N3O2. The Morgan fingerprint density at radius 1 is 1.10 bits per heavy atom. The Morgan fingerprint density at radius 2 is 1.81 bits per heavy atom. The van der Waals surface area contributed by atoms with E-state index in [0.29, 0.717) is 31.6 Å². The molecule has 0 bridgehead atoms. The molecule has 160 valence electrons. The summed E-state index contributed by atoms with van der Waals surface area (Å²) < 4.78 is 46.1. The molecular weight excluding hydrogens is 407 g/mol. The first-order valence-corrected chi connectivity index (χ1v) is 9.90. The lowest BCUT2D eigenvalue weighted by Crippen LogP contribution is -2.40. The van der Waals surface area contributed by atoms with Gasteiger partial charge in [-0.1, -0.05) is 24.3 Å². The van der Waals surface area contributed by atoms with Crippen molar-refractivity contribution in [2.45, 2.75) is 25.1 Å². The van der Waals surface area contributed by atoms with E-state index in [0.717, 1.165) is 23.0 Å². The van der Waals surface area contributed by atoms with Crippen LogP contribution in [0.4, 0.5) is 18.9 Å². The van der Waals surface area contributed by atoms with E-state index in [1.807, 2.05) is 29.2 Å². The molecule has 31 heavy (non-hydrogen) atoms. The first-order chi connectivity index (χ1) is 14.8. The van der Waals surface area contributed by atoms with E-state index < -0.39 is 11.7 Å². The molecule has 0 amide bonds. The van der Waals surface area contributed by atoms with Gasteiger partial charge in [-0.25, -0.2) is 0 Å². The van der Waals surface area contributed by atoms with Crippen LogP contribution in [-0.2, 0) is 13.2 Å². The average molecular weight is 427 g/mol. The Balaban J connectivity index is 1.57. The van der Waals surface area contributed by atoms with E-state index in [9.17, 15) is 23.2 Å². The number of hydrogen-bond acceptors (Lipinski definition) is 4. The maximum absolute atomic E-state index is 12.9. The molecule has 1 aromatic heterocycles. The van der Waals surface area contributed by atoms with Crippen LogP contribution in [0.1, 0.15) is 24.0 Å². The number of ether oxygens (including phenoxy) is 1. The first kappa shape index (κ1) is 20.8. The molecule has 4 rings (SSSR count). The molecule has 3 aromatic rings. The fourth-order valence-corrected chi connectivity index (χ4v) is 4.04. The zero-order valence-corrected chi connectivity index (χ0v) is 16.8. The van der Waals surface area contributed by atoms with Gasteiger partial charge in [-0.2, -0.15) is 18.4 Å². The standard InChI is InChI=1S/C23H20F3N3O2/c1-28-20-8-3-2-7-18(20)21(19(14-27)22(28)30)29-11-9-16(10-12-29)31-17-6-4-5-15(13-17)23(24,25)26/h2-8,13,16H,9-12H2,1H3. The van der Waals surface area contributed by atoms with Gasteiger partial charge in [-0.15, -0.1) is 0 Å². The van der Waals surface area contributed by atoms with E-state index in [4.69, 9.17) is 4.74 Å². The van der Waals surface area contributed by atoms with Gasteiger partial charge in [0, 0.05) is 38.4 Å². The third-order valence-corrected chi connectivity index (χ3v) is 5.61. The molecule has 1 saturated heterocycles. The number of para-hydroxylation sites is 1. The van der Waals surface area contributed by atoms with Crippen molar-refractivity contribution < 1.29 is 17.9 Å². The molecule has 1 aliphatic heterocycles. The topological polar surface area (TPSA) is 58.3 Å². The second kappa shape index (κ2) is 7.99. The van der Waals surface area contributed by atoms with E-state index in [1.54, 1.807) is 7.05 Å². The third kappa shape index (κ3) is 3.96. The van der Waals surface area contributed by atoms with Gasteiger partial charge in [0.25, 0.3) is 5.56 Å². The fraction of sp³-hybridized carbons (Fsp3) is 0.304. The summed E-state index contributed by atoms with van der Waals surface area (Å²) in [5.74, 6) is 0.185. The highest BCUT2D eigenvalue weighted by Gasteiger charge is 2.31. The molecule has 0 saturated carbocycles. The molecule has 2 aromatic carbocycles. The summed E-state index contributed by atoms with van der Waals surface area (Å²) in [6.07, 6.45) is -3.55. The lowest BCUT2D eigenvalue weighted by Gasteiger charge is -2.35. The zero-order valence-electron chi connectivity index (χ0n) is 16.8. The molecule has 0 N–H and O–H groups in total. The van der Waals surface area contributed by atoms with Gasteiger partial charge in [0.1, 0.15) is 23.5 Å². The number of alkyl halides is 3. The largest absolute Gasteiger partial charge is 0.490 e. The van der Waals surface area contributed by atoms with Crippen LogP contribution in [0.15, 0.2) is 53.3 Å². The van der Waals surface area contributed by atoms with E-state index in [2.05, 4.69) is 6.07 Å². The minimum absolute atomic E-state index is 0.0958. The summed E-state index contributed by atoms with van der Waals surface area (Å²) in [6, 6.07) is 14.3. The lowest BCUT2D eigenvalue weighted by molar-refractivity contribution is -0.137.